The van der Waals surface area contributed by atoms with Crippen LogP contribution in [0.2, 0.25) is 0 Å². The van der Waals surface area contributed by atoms with E-state index >= 15 is 0 Å². The quantitative estimate of drug-likeness (QED) is 0.464. The zero-order chi connectivity index (χ0) is 20.0. The van der Waals surface area contributed by atoms with Gasteiger partial charge < -0.3 is 15.3 Å². The highest BCUT2D eigenvalue weighted by Gasteiger charge is 2.28. The van der Waals surface area contributed by atoms with Gasteiger partial charge in [-0.05, 0) is 30.5 Å². The van der Waals surface area contributed by atoms with Crippen LogP contribution in [0.25, 0.3) is 0 Å². The minimum atomic E-state index is -3.76. The molecule has 1 amide bonds. The summed E-state index contributed by atoms with van der Waals surface area (Å²) in [5.41, 5.74) is 0.378. The van der Waals surface area contributed by atoms with E-state index in [4.69, 9.17) is 5.11 Å². The van der Waals surface area contributed by atoms with Crippen LogP contribution in [0.1, 0.15) is 29.4 Å². The van der Waals surface area contributed by atoms with Crippen LogP contribution in [0.4, 0.5) is 9.52 Å². The average Bonchev–Trinajstić information content (AvgIpc) is 3.04. The van der Waals surface area contributed by atoms with Crippen LogP contribution in [-0.4, -0.2) is 39.1 Å². The van der Waals surface area contributed by atoms with Gasteiger partial charge in [0.1, 0.15) is 5.82 Å². The molecule has 0 bridgehead atoms. The molecule has 0 aliphatic carbocycles. The first-order valence-corrected chi connectivity index (χ1v) is 10.8. The predicted molar refractivity (Wildman–Crippen MR) is 99.7 cm³/mol. The number of nitrogens with one attached hydrogen (secondary N) is 2. The molecule has 146 valence electrons. The zero-order valence-electron chi connectivity index (χ0n) is 14.4. The third-order valence-electron chi connectivity index (χ3n) is 3.51. The molecule has 0 spiro atoms. The van der Waals surface area contributed by atoms with Gasteiger partial charge in [0, 0.05) is 11.5 Å². The van der Waals surface area contributed by atoms with Gasteiger partial charge >= 0.3 is 5.97 Å². The minimum absolute atomic E-state index is 0.0133. The molecule has 4 N–H and O–H groups in total. The number of benzene rings is 1. The number of aromatic nitrogens is 1. The van der Waals surface area contributed by atoms with Crippen LogP contribution in [0.3, 0.4) is 0 Å². The third-order valence-corrected chi connectivity index (χ3v) is 6.03. The second-order valence-corrected chi connectivity index (χ2v) is 8.74. The van der Waals surface area contributed by atoms with Crippen molar-refractivity contribution in [2.75, 3.05) is 11.5 Å². The number of carbonyl (C=O) groups is 2. The molecular formula is C16H19FN3O5PS. The second kappa shape index (κ2) is 9.18. The summed E-state index contributed by atoms with van der Waals surface area (Å²) in [5, 5.41) is 15.1. The summed E-state index contributed by atoms with van der Waals surface area (Å²) in [6.45, 7) is 1.74. The van der Waals surface area contributed by atoms with E-state index in [1.807, 2.05) is 0 Å². The smallest absolute Gasteiger partial charge is 0.355 e. The van der Waals surface area contributed by atoms with Crippen molar-refractivity contribution in [3.63, 3.8) is 0 Å². The summed E-state index contributed by atoms with van der Waals surface area (Å²) >= 11 is 0.927. The molecule has 2 atom stereocenters. The average molecular weight is 415 g/mol. The lowest BCUT2D eigenvalue weighted by Gasteiger charge is -2.21. The van der Waals surface area contributed by atoms with Crippen molar-refractivity contribution in [2.45, 2.75) is 25.8 Å². The van der Waals surface area contributed by atoms with Crippen LogP contribution >= 0.6 is 18.9 Å². The first kappa shape index (κ1) is 21.2. The summed E-state index contributed by atoms with van der Waals surface area (Å²) in [6, 6.07) is 4.33. The van der Waals surface area contributed by atoms with E-state index < -0.39 is 31.3 Å². The van der Waals surface area contributed by atoms with Gasteiger partial charge in [-0.1, -0.05) is 19.1 Å². The van der Waals surface area contributed by atoms with E-state index in [-0.39, 0.29) is 23.4 Å². The van der Waals surface area contributed by atoms with Gasteiger partial charge in [-0.3, -0.25) is 9.36 Å². The maximum atomic E-state index is 13.1. The van der Waals surface area contributed by atoms with E-state index in [9.17, 15) is 23.4 Å². The fourth-order valence-electron chi connectivity index (χ4n) is 2.29. The summed E-state index contributed by atoms with van der Waals surface area (Å²) in [5.74, 6) is -2.30. The van der Waals surface area contributed by atoms with Gasteiger partial charge in [0.2, 0.25) is 5.91 Å². The van der Waals surface area contributed by atoms with Crippen molar-refractivity contribution in [1.82, 2.24) is 10.1 Å². The van der Waals surface area contributed by atoms with Gasteiger partial charge in [0.15, 0.2) is 10.8 Å². The number of aromatic carboxylic acids is 1. The van der Waals surface area contributed by atoms with Crippen molar-refractivity contribution >= 4 is 35.9 Å². The molecule has 0 aliphatic rings. The van der Waals surface area contributed by atoms with Crippen LogP contribution in [0, 0.1) is 5.82 Å². The Morgan fingerprint density at radius 1 is 1.33 bits per heavy atom. The molecular weight excluding hydrogens is 396 g/mol. The van der Waals surface area contributed by atoms with E-state index in [2.05, 4.69) is 15.4 Å². The van der Waals surface area contributed by atoms with Gasteiger partial charge in [-0.15, -0.1) is 11.3 Å². The van der Waals surface area contributed by atoms with Crippen molar-refractivity contribution < 1.29 is 28.5 Å². The SMILES string of the molecule is CCCP(=O)(O)N[C@@H](Cc1ccc(F)cc1)C(=O)Nc1nc(C(=O)O)cs1. The Labute approximate surface area is 159 Å². The number of carbonyl (C=O) groups excluding carboxylic acids is 1. The number of halogens is 1. The Kier molecular flexibility index (Phi) is 7.20. The van der Waals surface area contributed by atoms with E-state index in [0.717, 1.165) is 11.3 Å². The molecule has 27 heavy (non-hydrogen) atoms. The molecule has 1 aromatic carbocycles. The number of carboxylic acids is 1. The lowest BCUT2D eigenvalue weighted by Crippen LogP contribution is -2.41. The molecule has 8 nitrogen and oxygen atoms in total. The van der Waals surface area contributed by atoms with E-state index in [0.29, 0.717) is 12.0 Å². The third kappa shape index (κ3) is 6.51. The van der Waals surface area contributed by atoms with E-state index in [1.165, 1.54) is 29.6 Å². The molecule has 2 aromatic rings. The topological polar surface area (TPSA) is 129 Å². The van der Waals surface area contributed by atoms with Gasteiger partial charge in [-0.25, -0.2) is 19.3 Å². The Balaban J connectivity index is 2.18. The number of hydrogen-bond donors (Lipinski definition) is 4. The van der Waals surface area contributed by atoms with Gasteiger partial charge in [0.05, 0.1) is 6.04 Å². The number of amides is 1. The standard InChI is InChI=1S/C16H19FN3O5PS/c1-2-7-26(24,25)20-12(8-10-3-5-11(17)6-4-10)14(21)19-16-18-13(9-27-16)15(22)23/h3-6,9,12H,2,7-8H2,1H3,(H,22,23)(H,18,19,21)(H2,20,24,25)/t12-/m0/s1. The molecule has 11 heteroatoms. The van der Waals surface area contributed by atoms with Crippen molar-refractivity contribution in [1.29, 1.82) is 0 Å². The maximum Gasteiger partial charge on any atom is 0.355 e. The fourth-order valence-corrected chi connectivity index (χ4v) is 4.40. The van der Waals surface area contributed by atoms with Gasteiger partial charge in [-0.2, -0.15) is 0 Å². The number of thiazole rings is 1. The molecule has 0 saturated carbocycles. The van der Waals surface area contributed by atoms with Crippen molar-refractivity contribution in [3.8, 4) is 0 Å². The molecule has 0 radical (unpaired) electrons. The van der Waals surface area contributed by atoms with Crippen LogP contribution in [0.5, 0.6) is 0 Å². The van der Waals surface area contributed by atoms with E-state index in [1.54, 1.807) is 6.92 Å². The highest BCUT2D eigenvalue weighted by atomic mass is 32.1. The monoisotopic (exact) mass is 415 g/mol. The molecule has 0 saturated heterocycles. The normalized spacial score (nSPS) is 14.3. The predicted octanol–water partition coefficient (Wildman–Crippen LogP) is 2.72. The molecule has 1 aromatic heterocycles. The lowest BCUT2D eigenvalue weighted by molar-refractivity contribution is -0.117. The Bertz CT molecular complexity index is 858. The highest BCUT2D eigenvalue weighted by molar-refractivity contribution is 7.55. The fraction of sp³-hybridized carbons (Fsp3) is 0.312. The molecule has 0 fully saturated rings. The van der Waals surface area contributed by atoms with Crippen molar-refractivity contribution in [2.24, 2.45) is 0 Å². The minimum Gasteiger partial charge on any atom is -0.476 e. The second-order valence-electron chi connectivity index (χ2n) is 5.77. The number of anilines is 1. The van der Waals surface area contributed by atoms with Gasteiger partial charge in [0.25, 0.3) is 7.52 Å². The molecule has 1 unspecified atom stereocenters. The number of carboxylic acid groups (broad SMARTS) is 1. The zero-order valence-corrected chi connectivity index (χ0v) is 16.1. The summed E-state index contributed by atoms with van der Waals surface area (Å²) in [6.07, 6.45) is 0.471. The number of hydrogen-bond acceptors (Lipinski definition) is 5. The summed E-state index contributed by atoms with van der Waals surface area (Å²) in [7, 11) is -3.76. The first-order chi connectivity index (χ1) is 12.7. The Morgan fingerprint density at radius 2 is 2.00 bits per heavy atom. The van der Waals surface area contributed by atoms with Crippen LogP contribution in [-0.2, 0) is 15.8 Å². The molecule has 0 aliphatic heterocycles. The van der Waals surface area contributed by atoms with Crippen molar-refractivity contribution in [3.05, 3.63) is 46.7 Å². The lowest BCUT2D eigenvalue weighted by atomic mass is 10.1. The summed E-state index contributed by atoms with van der Waals surface area (Å²) in [4.78, 5) is 37.2. The van der Waals surface area contributed by atoms with Crippen LogP contribution in [0.15, 0.2) is 29.6 Å². The molecule has 1 heterocycles. The Hall–Kier alpha value is -2.13. The number of nitrogens with zero attached hydrogens (tertiary/aromatic N) is 1. The highest BCUT2D eigenvalue weighted by Crippen LogP contribution is 2.37. The summed E-state index contributed by atoms with van der Waals surface area (Å²) < 4.78 is 25.3. The Morgan fingerprint density at radius 3 is 2.56 bits per heavy atom. The number of rotatable bonds is 9. The maximum absolute atomic E-state index is 13.1. The first-order valence-electron chi connectivity index (χ1n) is 8.04. The van der Waals surface area contributed by atoms with Crippen LogP contribution < -0.4 is 10.4 Å². The largest absolute Gasteiger partial charge is 0.476 e. The molecule has 2 rings (SSSR count).